The van der Waals surface area contributed by atoms with Crippen LogP contribution >= 0.6 is 24.0 Å². The van der Waals surface area contributed by atoms with E-state index >= 15 is 0 Å². The van der Waals surface area contributed by atoms with Gasteiger partial charge in [-0.2, -0.15) is 0 Å². The minimum absolute atomic E-state index is 0. The minimum Gasteiger partial charge on any atom is -0.370 e. The van der Waals surface area contributed by atoms with Crippen LogP contribution in [0.3, 0.4) is 0 Å². The van der Waals surface area contributed by atoms with Crippen molar-refractivity contribution < 1.29 is 0 Å². The molecule has 0 bridgehead atoms. The second-order valence-electron chi connectivity index (χ2n) is 5.95. The summed E-state index contributed by atoms with van der Waals surface area (Å²) < 4.78 is 0. The molecular formula is C16H26IN3. The lowest BCUT2D eigenvalue weighted by atomic mass is 10.0. The Balaban J connectivity index is 0.00000200. The monoisotopic (exact) mass is 387 g/mol. The van der Waals surface area contributed by atoms with Crippen LogP contribution in [0.5, 0.6) is 0 Å². The number of halogens is 1. The quantitative estimate of drug-likeness (QED) is 0.451. The van der Waals surface area contributed by atoms with Crippen molar-refractivity contribution in [1.29, 1.82) is 0 Å². The molecule has 2 rings (SSSR count). The standard InChI is InChI=1S/C16H25N3.HI/c1-4-5-16(6-7-16)11-18-15(17)19-14-9-12(2)8-13(3)10-14;/h8-10H,4-7,11H2,1-3H3,(H3,17,18,19);1H. The highest BCUT2D eigenvalue weighted by Gasteiger charge is 2.41. The van der Waals surface area contributed by atoms with E-state index in [4.69, 9.17) is 5.73 Å². The van der Waals surface area contributed by atoms with Gasteiger partial charge >= 0.3 is 0 Å². The van der Waals surface area contributed by atoms with Gasteiger partial charge in [0, 0.05) is 12.2 Å². The molecule has 20 heavy (non-hydrogen) atoms. The number of benzene rings is 1. The number of hydrogen-bond acceptors (Lipinski definition) is 1. The van der Waals surface area contributed by atoms with Gasteiger partial charge in [0.2, 0.25) is 0 Å². The lowest BCUT2D eigenvalue weighted by Gasteiger charge is -2.12. The topological polar surface area (TPSA) is 50.4 Å². The van der Waals surface area contributed by atoms with E-state index in [2.05, 4.69) is 49.3 Å². The van der Waals surface area contributed by atoms with Crippen LogP contribution in [0, 0.1) is 19.3 Å². The molecule has 1 aromatic rings. The van der Waals surface area contributed by atoms with Crippen LogP contribution in [-0.2, 0) is 0 Å². The Kier molecular flexibility index (Phi) is 6.30. The summed E-state index contributed by atoms with van der Waals surface area (Å²) in [6, 6.07) is 6.33. The van der Waals surface area contributed by atoms with Gasteiger partial charge in [-0.3, -0.25) is 4.99 Å². The van der Waals surface area contributed by atoms with Gasteiger partial charge in [-0.25, -0.2) is 0 Å². The molecule has 0 amide bonds. The van der Waals surface area contributed by atoms with Crippen molar-refractivity contribution in [3.63, 3.8) is 0 Å². The average molecular weight is 387 g/mol. The fourth-order valence-electron chi connectivity index (χ4n) is 2.68. The van der Waals surface area contributed by atoms with Gasteiger partial charge in [0.05, 0.1) is 0 Å². The van der Waals surface area contributed by atoms with Gasteiger partial charge < -0.3 is 11.1 Å². The zero-order chi connectivity index (χ0) is 13.9. The third kappa shape index (κ3) is 4.96. The number of nitrogens with zero attached hydrogens (tertiary/aromatic N) is 1. The van der Waals surface area contributed by atoms with Crippen molar-refractivity contribution in [2.24, 2.45) is 16.1 Å². The second-order valence-corrected chi connectivity index (χ2v) is 5.95. The maximum absolute atomic E-state index is 5.98. The van der Waals surface area contributed by atoms with Crippen molar-refractivity contribution in [2.45, 2.75) is 46.5 Å². The van der Waals surface area contributed by atoms with E-state index in [-0.39, 0.29) is 24.0 Å². The highest BCUT2D eigenvalue weighted by atomic mass is 127. The average Bonchev–Trinajstić information content (AvgIpc) is 3.06. The van der Waals surface area contributed by atoms with E-state index in [1.165, 1.54) is 36.8 Å². The molecule has 0 aliphatic heterocycles. The summed E-state index contributed by atoms with van der Waals surface area (Å²) in [4.78, 5) is 4.51. The number of anilines is 1. The predicted molar refractivity (Wildman–Crippen MR) is 98.0 cm³/mol. The van der Waals surface area contributed by atoms with Crippen LogP contribution < -0.4 is 11.1 Å². The summed E-state index contributed by atoms with van der Waals surface area (Å²) in [6.45, 7) is 7.28. The molecule has 1 aliphatic carbocycles. The fourth-order valence-corrected chi connectivity index (χ4v) is 2.68. The Bertz CT molecular complexity index is 458. The molecular weight excluding hydrogens is 361 g/mol. The Morgan fingerprint density at radius 1 is 1.25 bits per heavy atom. The molecule has 1 aliphatic rings. The molecule has 3 N–H and O–H groups in total. The van der Waals surface area contributed by atoms with Gasteiger partial charge in [0.25, 0.3) is 0 Å². The smallest absolute Gasteiger partial charge is 0.193 e. The van der Waals surface area contributed by atoms with Crippen molar-refractivity contribution in [3.05, 3.63) is 29.3 Å². The molecule has 1 aromatic carbocycles. The van der Waals surface area contributed by atoms with E-state index in [9.17, 15) is 0 Å². The molecule has 1 fully saturated rings. The van der Waals surface area contributed by atoms with Crippen molar-refractivity contribution in [3.8, 4) is 0 Å². The SMILES string of the molecule is CCCC1(CN=C(N)Nc2cc(C)cc(C)c2)CC1.I. The fraction of sp³-hybridized carbons (Fsp3) is 0.562. The van der Waals surface area contributed by atoms with E-state index in [0.717, 1.165) is 12.2 Å². The van der Waals surface area contributed by atoms with Crippen LogP contribution in [0.2, 0.25) is 0 Å². The molecule has 0 atom stereocenters. The lowest BCUT2D eigenvalue weighted by molar-refractivity contribution is 0.473. The molecule has 4 heteroatoms. The third-order valence-electron chi connectivity index (χ3n) is 3.82. The molecule has 112 valence electrons. The number of aryl methyl sites for hydroxylation is 2. The Morgan fingerprint density at radius 2 is 1.85 bits per heavy atom. The van der Waals surface area contributed by atoms with E-state index in [0.29, 0.717) is 11.4 Å². The highest BCUT2D eigenvalue weighted by Crippen LogP contribution is 2.49. The summed E-state index contributed by atoms with van der Waals surface area (Å²) >= 11 is 0. The number of nitrogens with one attached hydrogen (secondary N) is 1. The molecule has 0 heterocycles. The van der Waals surface area contributed by atoms with Crippen LogP contribution in [0.4, 0.5) is 5.69 Å². The van der Waals surface area contributed by atoms with Crippen molar-refractivity contribution in [2.75, 3.05) is 11.9 Å². The number of aliphatic imine (C=N–C) groups is 1. The largest absolute Gasteiger partial charge is 0.370 e. The van der Waals surface area contributed by atoms with Gasteiger partial charge in [-0.05, 0) is 61.8 Å². The Morgan fingerprint density at radius 3 is 2.35 bits per heavy atom. The summed E-state index contributed by atoms with van der Waals surface area (Å²) in [5, 5.41) is 3.19. The first kappa shape index (κ1) is 17.3. The van der Waals surface area contributed by atoms with Gasteiger partial charge in [-0.1, -0.05) is 19.4 Å². The number of hydrogen-bond donors (Lipinski definition) is 2. The normalized spacial score (nSPS) is 16.4. The number of guanidine groups is 1. The third-order valence-corrected chi connectivity index (χ3v) is 3.82. The predicted octanol–water partition coefficient (Wildman–Crippen LogP) is 4.23. The van der Waals surface area contributed by atoms with Gasteiger partial charge in [0.1, 0.15) is 0 Å². The van der Waals surface area contributed by atoms with Crippen LogP contribution in [-0.4, -0.2) is 12.5 Å². The first-order chi connectivity index (χ1) is 9.03. The maximum Gasteiger partial charge on any atom is 0.193 e. The molecule has 0 aromatic heterocycles. The Labute approximate surface area is 139 Å². The van der Waals surface area contributed by atoms with Crippen molar-refractivity contribution >= 4 is 35.6 Å². The molecule has 0 saturated heterocycles. The van der Waals surface area contributed by atoms with Gasteiger partial charge in [-0.15, -0.1) is 24.0 Å². The number of nitrogens with two attached hydrogens (primary N) is 1. The van der Waals surface area contributed by atoms with Crippen LogP contribution in [0.25, 0.3) is 0 Å². The van der Waals surface area contributed by atoms with E-state index in [1.807, 2.05) is 0 Å². The van der Waals surface area contributed by atoms with Crippen molar-refractivity contribution in [1.82, 2.24) is 0 Å². The molecule has 1 saturated carbocycles. The zero-order valence-electron chi connectivity index (χ0n) is 12.7. The van der Waals surface area contributed by atoms with E-state index < -0.39 is 0 Å². The summed E-state index contributed by atoms with van der Waals surface area (Å²) in [7, 11) is 0. The molecule has 0 spiro atoms. The minimum atomic E-state index is 0. The molecule has 3 nitrogen and oxygen atoms in total. The molecule has 0 unspecified atom stereocenters. The first-order valence-corrected chi connectivity index (χ1v) is 7.18. The maximum atomic E-state index is 5.98. The first-order valence-electron chi connectivity index (χ1n) is 7.18. The second kappa shape index (κ2) is 7.29. The summed E-state index contributed by atoms with van der Waals surface area (Å²) in [5.41, 5.74) is 9.94. The number of rotatable bonds is 5. The van der Waals surface area contributed by atoms with E-state index in [1.54, 1.807) is 0 Å². The van der Waals surface area contributed by atoms with Crippen LogP contribution in [0.15, 0.2) is 23.2 Å². The Hall–Kier alpha value is -0.780. The van der Waals surface area contributed by atoms with Crippen LogP contribution in [0.1, 0.15) is 43.7 Å². The highest BCUT2D eigenvalue weighted by molar-refractivity contribution is 14.0. The summed E-state index contributed by atoms with van der Waals surface area (Å²) in [6.07, 6.45) is 5.12. The zero-order valence-corrected chi connectivity index (χ0v) is 15.0. The van der Waals surface area contributed by atoms with Gasteiger partial charge in [0.15, 0.2) is 5.96 Å². The summed E-state index contributed by atoms with van der Waals surface area (Å²) in [5.74, 6) is 0.535. The molecule has 0 radical (unpaired) electrons. The lowest BCUT2D eigenvalue weighted by Crippen LogP contribution is -2.24.